The minimum absolute atomic E-state index is 0.236. The number of carbonyl (C=O) groups excluding carboxylic acids is 1. The highest BCUT2D eigenvalue weighted by molar-refractivity contribution is 5.91. The number of H-pyrrole nitrogens is 1. The van der Waals surface area contributed by atoms with Crippen LogP contribution in [0.1, 0.15) is 35.1 Å². The molecule has 0 spiro atoms. The van der Waals surface area contributed by atoms with Gasteiger partial charge in [-0.3, -0.25) is 9.89 Å². The van der Waals surface area contributed by atoms with Crippen LogP contribution in [0.4, 0.5) is 0 Å². The molecular formula is C10H12N4O2. The molecule has 0 aromatic carbocycles. The van der Waals surface area contributed by atoms with Crippen molar-refractivity contribution in [3.63, 3.8) is 0 Å². The summed E-state index contributed by atoms with van der Waals surface area (Å²) in [5, 5.41) is 9.15. The summed E-state index contributed by atoms with van der Waals surface area (Å²) in [6, 6.07) is 3.15. The maximum atomic E-state index is 11.7. The first kappa shape index (κ1) is 10.4. The molecule has 0 fully saturated rings. The first-order valence-corrected chi connectivity index (χ1v) is 4.89. The Morgan fingerprint density at radius 2 is 2.38 bits per heavy atom. The van der Waals surface area contributed by atoms with E-state index in [1.54, 1.807) is 19.1 Å². The van der Waals surface area contributed by atoms with Crippen molar-refractivity contribution < 1.29 is 9.21 Å². The zero-order valence-corrected chi connectivity index (χ0v) is 9.02. The number of aromatic nitrogens is 3. The molecule has 2 aromatic rings. The lowest BCUT2D eigenvalue weighted by atomic mass is 10.3. The van der Waals surface area contributed by atoms with Crippen LogP contribution >= 0.6 is 0 Å². The first-order chi connectivity index (χ1) is 7.66. The van der Waals surface area contributed by atoms with Crippen molar-refractivity contribution in [1.29, 1.82) is 0 Å². The van der Waals surface area contributed by atoms with Crippen LogP contribution < -0.4 is 5.32 Å². The second-order valence-corrected chi connectivity index (χ2v) is 3.48. The predicted molar refractivity (Wildman–Crippen MR) is 55.7 cm³/mol. The highest BCUT2D eigenvalue weighted by atomic mass is 16.3. The van der Waals surface area contributed by atoms with Crippen LogP contribution in [0.5, 0.6) is 0 Å². The lowest BCUT2D eigenvalue weighted by Crippen LogP contribution is -2.27. The molecule has 0 aliphatic rings. The van der Waals surface area contributed by atoms with Crippen LogP contribution in [0.25, 0.3) is 0 Å². The van der Waals surface area contributed by atoms with Gasteiger partial charge in [0.2, 0.25) is 0 Å². The third-order valence-corrected chi connectivity index (χ3v) is 2.16. The molecule has 0 bridgehead atoms. The molecule has 6 nitrogen and oxygen atoms in total. The van der Waals surface area contributed by atoms with Gasteiger partial charge in [0, 0.05) is 0 Å². The van der Waals surface area contributed by atoms with Crippen molar-refractivity contribution in [2.45, 2.75) is 19.9 Å². The number of hydrogen-bond acceptors (Lipinski definition) is 4. The van der Waals surface area contributed by atoms with E-state index in [4.69, 9.17) is 4.42 Å². The van der Waals surface area contributed by atoms with Gasteiger partial charge >= 0.3 is 0 Å². The Bertz CT molecular complexity index is 475. The topological polar surface area (TPSA) is 83.8 Å². The van der Waals surface area contributed by atoms with Gasteiger partial charge in [-0.25, -0.2) is 4.98 Å². The van der Waals surface area contributed by atoms with E-state index in [0.717, 1.165) is 0 Å². The van der Waals surface area contributed by atoms with Crippen molar-refractivity contribution in [1.82, 2.24) is 20.5 Å². The molecule has 84 valence electrons. The monoisotopic (exact) mass is 220 g/mol. The second kappa shape index (κ2) is 4.18. The summed E-state index contributed by atoms with van der Waals surface area (Å²) < 4.78 is 5.21. The number of furan rings is 1. The van der Waals surface area contributed by atoms with Crippen LogP contribution in [0.2, 0.25) is 0 Å². The van der Waals surface area contributed by atoms with Crippen LogP contribution in [0, 0.1) is 6.92 Å². The number of nitrogens with one attached hydrogen (secondary N) is 2. The third-order valence-electron chi connectivity index (χ3n) is 2.16. The molecule has 0 saturated carbocycles. The van der Waals surface area contributed by atoms with E-state index >= 15 is 0 Å². The van der Waals surface area contributed by atoms with E-state index in [1.165, 1.54) is 6.33 Å². The number of rotatable bonds is 3. The molecular weight excluding hydrogens is 208 g/mol. The number of aromatic amines is 1. The van der Waals surface area contributed by atoms with Crippen molar-refractivity contribution in [3.05, 3.63) is 35.8 Å². The number of hydrogen-bond donors (Lipinski definition) is 2. The lowest BCUT2D eigenvalue weighted by molar-refractivity contribution is 0.0909. The third kappa shape index (κ3) is 2.10. The van der Waals surface area contributed by atoms with E-state index in [2.05, 4.69) is 20.5 Å². The minimum Gasteiger partial charge on any atom is -0.456 e. The SMILES string of the molecule is Cc1ccc(C(=O)NC(C)c2ncn[nH]2)o1. The van der Waals surface area contributed by atoms with E-state index < -0.39 is 0 Å². The summed E-state index contributed by atoms with van der Waals surface area (Å²) in [7, 11) is 0. The lowest BCUT2D eigenvalue weighted by Gasteiger charge is -2.09. The summed E-state index contributed by atoms with van der Waals surface area (Å²) >= 11 is 0. The van der Waals surface area contributed by atoms with Crippen LogP contribution in [-0.2, 0) is 0 Å². The van der Waals surface area contributed by atoms with Gasteiger partial charge in [0.05, 0.1) is 6.04 Å². The van der Waals surface area contributed by atoms with Gasteiger partial charge in [0.15, 0.2) is 5.76 Å². The predicted octanol–water partition coefficient (Wildman–Crippen LogP) is 1.20. The number of amides is 1. The molecule has 0 aliphatic carbocycles. The van der Waals surface area contributed by atoms with Crippen molar-refractivity contribution >= 4 is 5.91 Å². The zero-order chi connectivity index (χ0) is 11.5. The maximum Gasteiger partial charge on any atom is 0.287 e. The van der Waals surface area contributed by atoms with E-state index in [9.17, 15) is 4.79 Å². The second-order valence-electron chi connectivity index (χ2n) is 3.48. The van der Waals surface area contributed by atoms with Gasteiger partial charge in [-0.1, -0.05) is 0 Å². The van der Waals surface area contributed by atoms with Crippen molar-refractivity contribution in [3.8, 4) is 0 Å². The van der Waals surface area contributed by atoms with Gasteiger partial charge in [-0.15, -0.1) is 0 Å². The fourth-order valence-corrected chi connectivity index (χ4v) is 1.32. The molecule has 16 heavy (non-hydrogen) atoms. The average Bonchev–Trinajstić information content (AvgIpc) is 2.87. The molecule has 2 heterocycles. The maximum absolute atomic E-state index is 11.7. The number of nitrogens with zero attached hydrogens (tertiary/aromatic N) is 2. The summed E-state index contributed by atoms with van der Waals surface area (Å²) in [4.78, 5) is 15.7. The Balaban J connectivity index is 2.03. The van der Waals surface area contributed by atoms with Gasteiger partial charge in [-0.2, -0.15) is 5.10 Å². The summed E-state index contributed by atoms with van der Waals surface area (Å²) in [6.07, 6.45) is 1.40. The fourth-order valence-electron chi connectivity index (χ4n) is 1.32. The normalized spacial score (nSPS) is 12.4. The highest BCUT2D eigenvalue weighted by Gasteiger charge is 2.15. The Morgan fingerprint density at radius 1 is 1.56 bits per heavy atom. The van der Waals surface area contributed by atoms with Crippen LogP contribution in [-0.4, -0.2) is 21.1 Å². The van der Waals surface area contributed by atoms with Crippen LogP contribution in [0.15, 0.2) is 22.9 Å². The quantitative estimate of drug-likeness (QED) is 0.813. The summed E-state index contributed by atoms with van der Waals surface area (Å²) in [5.74, 6) is 1.34. The Morgan fingerprint density at radius 3 is 2.94 bits per heavy atom. The number of aryl methyl sites for hydroxylation is 1. The van der Waals surface area contributed by atoms with Gasteiger partial charge in [0.25, 0.3) is 5.91 Å². The molecule has 1 amide bonds. The highest BCUT2D eigenvalue weighted by Crippen LogP contribution is 2.09. The van der Waals surface area contributed by atoms with Gasteiger partial charge in [-0.05, 0) is 26.0 Å². The molecule has 0 radical (unpaired) electrons. The first-order valence-electron chi connectivity index (χ1n) is 4.89. The summed E-state index contributed by atoms with van der Waals surface area (Å²) in [5.41, 5.74) is 0. The molecule has 2 rings (SSSR count). The van der Waals surface area contributed by atoms with Gasteiger partial charge < -0.3 is 9.73 Å². The largest absolute Gasteiger partial charge is 0.456 e. The Hall–Kier alpha value is -2.11. The molecule has 2 aromatic heterocycles. The average molecular weight is 220 g/mol. The van der Waals surface area contributed by atoms with Gasteiger partial charge in [0.1, 0.15) is 17.9 Å². The van der Waals surface area contributed by atoms with E-state index in [-0.39, 0.29) is 11.9 Å². The van der Waals surface area contributed by atoms with E-state index in [0.29, 0.717) is 17.3 Å². The molecule has 6 heteroatoms. The summed E-state index contributed by atoms with van der Waals surface area (Å²) in [6.45, 7) is 3.60. The standard InChI is InChI=1S/C10H12N4O2/c1-6-3-4-8(16-6)10(15)13-7(2)9-11-5-12-14-9/h3-5,7H,1-2H3,(H,13,15)(H,11,12,14). The fraction of sp³-hybridized carbons (Fsp3) is 0.300. The minimum atomic E-state index is -0.267. The molecule has 2 N–H and O–H groups in total. The Kier molecular flexibility index (Phi) is 2.72. The molecule has 0 aliphatic heterocycles. The van der Waals surface area contributed by atoms with Crippen LogP contribution in [0.3, 0.4) is 0 Å². The van der Waals surface area contributed by atoms with Crippen molar-refractivity contribution in [2.75, 3.05) is 0 Å². The number of carbonyl (C=O) groups is 1. The molecule has 1 atom stereocenters. The van der Waals surface area contributed by atoms with E-state index in [1.807, 2.05) is 6.92 Å². The molecule has 1 unspecified atom stereocenters. The zero-order valence-electron chi connectivity index (χ0n) is 9.02. The smallest absolute Gasteiger partial charge is 0.287 e. The van der Waals surface area contributed by atoms with Crippen molar-refractivity contribution in [2.24, 2.45) is 0 Å². The Labute approximate surface area is 92.1 Å². The molecule has 0 saturated heterocycles.